The Kier molecular flexibility index (Phi) is 6.86. The zero-order valence-corrected chi connectivity index (χ0v) is 18.7. The topological polar surface area (TPSA) is 67.4 Å². The number of hydrogen-bond acceptors (Lipinski definition) is 4. The van der Waals surface area contributed by atoms with Gasteiger partial charge in [-0.2, -0.15) is 0 Å². The average Bonchev–Trinajstić information content (AvgIpc) is 3.09. The van der Waals surface area contributed by atoms with Crippen molar-refractivity contribution in [2.75, 3.05) is 6.54 Å². The SMILES string of the molecule is CCCC(=O)CNC(=O)c1ccc(C2=CC(C)(c3cc(Cl)cc(Cl)c3)ON2)cc1C. The predicted molar refractivity (Wildman–Crippen MR) is 119 cm³/mol. The predicted octanol–water partition coefficient (Wildman–Crippen LogP) is 5.19. The van der Waals surface area contributed by atoms with E-state index in [0.29, 0.717) is 22.0 Å². The monoisotopic (exact) mass is 446 g/mol. The molecule has 1 aliphatic rings. The minimum atomic E-state index is -0.743. The zero-order valence-electron chi connectivity index (χ0n) is 17.1. The molecule has 0 saturated carbocycles. The zero-order chi connectivity index (χ0) is 21.9. The van der Waals surface area contributed by atoms with E-state index in [1.165, 1.54) is 0 Å². The maximum Gasteiger partial charge on any atom is 0.251 e. The summed E-state index contributed by atoms with van der Waals surface area (Å²) in [6.07, 6.45) is 3.19. The average molecular weight is 447 g/mol. The van der Waals surface area contributed by atoms with Crippen LogP contribution in [0.2, 0.25) is 10.0 Å². The van der Waals surface area contributed by atoms with E-state index in [2.05, 4.69) is 10.8 Å². The molecule has 1 heterocycles. The Morgan fingerprint density at radius 3 is 2.47 bits per heavy atom. The van der Waals surface area contributed by atoms with Crippen molar-refractivity contribution in [1.29, 1.82) is 0 Å². The largest absolute Gasteiger partial charge is 0.345 e. The highest BCUT2D eigenvalue weighted by Crippen LogP contribution is 2.37. The van der Waals surface area contributed by atoms with Gasteiger partial charge >= 0.3 is 0 Å². The van der Waals surface area contributed by atoms with Gasteiger partial charge in [-0.25, -0.2) is 0 Å². The van der Waals surface area contributed by atoms with Crippen molar-refractivity contribution in [1.82, 2.24) is 10.8 Å². The highest BCUT2D eigenvalue weighted by atomic mass is 35.5. The third kappa shape index (κ3) is 5.04. The number of carbonyl (C=O) groups is 2. The summed E-state index contributed by atoms with van der Waals surface area (Å²) in [5.41, 5.74) is 6.04. The number of aryl methyl sites for hydroxylation is 1. The van der Waals surface area contributed by atoms with Crippen molar-refractivity contribution < 1.29 is 14.4 Å². The molecule has 3 rings (SSSR count). The van der Waals surface area contributed by atoms with Crippen molar-refractivity contribution >= 4 is 40.6 Å². The number of amides is 1. The number of halogens is 2. The summed E-state index contributed by atoms with van der Waals surface area (Å²) in [4.78, 5) is 29.9. The molecule has 0 spiro atoms. The highest BCUT2D eigenvalue weighted by molar-refractivity contribution is 6.34. The minimum Gasteiger partial charge on any atom is -0.345 e. The first kappa shape index (κ1) is 22.3. The van der Waals surface area contributed by atoms with Crippen molar-refractivity contribution in [2.45, 2.75) is 39.2 Å². The Balaban J connectivity index is 1.78. The number of nitrogens with one attached hydrogen (secondary N) is 2. The smallest absolute Gasteiger partial charge is 0.251 e. The molecule has 2 aromatic carbocycles. The molecule has 0 aliphatic carbocycles. The fraction of sp³-hybridized carbons (Fsp3) is 0.304. The van der Waals surface area contributed by atoms with E-state index in [-0.39, 0.29) is 18.2 Å². The van der Waals surface area contributed by atoms with Gasteiger partial charge in [0.15, 0.2) is 5.78 Å². The molecule has 1 atom stereocenters. The molecule has 1 aliphatic heterocycles. The molecule has 2 N–H and O–H groups in total. The molecule has 158 valence electrons. The van der Waals surface area contributed by atoms with Gasteiger partial charge in [-0.3, -0.25) is 19.9 Å². The quantitative estimate of drug-likeness (QED) is 0.613. The van der Waals surface area contributed by atoms with Gasteiger partial charge in [0.1, 0.15) is 5.60 Å². The second-order valence-electron chi connectivity index (χ2n) is 7.53. The van der Waals surface area contributed by atoms with Gasteiger partial charge < -0.3 is 5.32 Å². The number of carbonyl (C=O) groups excluding carboxylic acids is 2. The first-order valence-electron chi connectivity index (χ1n) is 9.76. The highest BCUT2D eigenvalue weighted by Gasteiger charge is 2.33. The third-order valence-electron chi connectivity index (χ3n) is 4.99. The second kappa shape index (κ2) is 9.21. The van der Waals surface area contributed by atoms with E-state index in [4.69, 9.17) is 28.0 Å². The van der Waals surface area contributed by atoms with Gasteiger partial charge in [-0.15, -0.1) is 0 Å². The van der Waals surface area contributed by atoms with Crippen molar-refractivity contribution in [3.63, 3.8) is 0 Å². The molecule has 0 radical (unpaired) electrons. The molecule has 0 bridgehead atoms. The van der Waals surface area contributed by atoms with E-state index in [1.54, 1.807) is 12.1 Å². The Morgan fingerprint density at radius 2 is 1.83 bits per heavy atom. The second-order valence-corrected chi connectivity index (χ2v) is 8.40. The number of benzene rings is 2. The number of rotatable bonds is 7. The number of ketones is 1. The van der Waals surface area contributed by atoms with Gasteiger partial charge in [0.2, 0.25) is 0 Å². The van der Waals surface area contributed by atoms with Crippen LogP contribution in [-0.2, 0) is 15.2 Å². The Morgan fingerprint density at radius 1 is 1.13 bits per heavy atom. The number of hydrogen-bond donors (Lipinski definition) is 2. The van der Waals surface area contributed by atoms with Crippen LogP contribution in [0.1, 0.15) is 53.7 Å². The molecule has 0 saturated heterocycles. The van der Waals surface area contributed by atoms with E-state index in [0.717, 1.165) is 28.8 Å². The van der Waals surface area contributed by atoms with Crippen LogP contribution in [-0.4, -0.2) is 18.2 Å². The molecule has 5 nitrogen and oxygen atoms in total. The summed E-state index contributed by atoms with van der Waals surface area (Å²) in [5.74, 6) is -0.232. The maximum atomic E-state index is 12.4. The minimum absolute atomic E-state index is 0.0259. The summed E-state index contributed by atoms with van der Waals surface area (Å²) in [5, 5.41) is 3.76. The summed E-state index contributed by atoms with van der Waals surface area (Å²) < 4.78 is 0. The maximum absolute atomic E-state index is 12.4. The molecule has 0 fully saturated rings. The van der Waals surface area contributed by atoms with E-state index in [1.807, 2.05) is 51.1 Å². The van der Waals surface area contributed by atoms with Crippen LogP contribution in [0.25, 0.3) is 5.70 Å². The van der Waals surface area contributed by atoms with Gasteiger partial charge in [-0.05, 0) is 73.4 Å². The molecule has 0 aromatic heterocycles. The summed E-state index contributed by atoms with van der Waals surface area (Å²) in [6, 6.07) is 10.8. The van der Waals surface area contributed by atoms with Gasteiger partial charge in [0.05, 0.1) is 12.2 Å². The molecular formula is C23H24Cl2N2O3. The normalized spacial score (nSPS) is 18.0. The van der Waals surface area contributed by atoms with Crippen molar-refractivity contribution in [3.05, 3.63) is 74.8 Å². The van der Waals surface area contributed by atoms with Gasteiger partial charge in [0, 0.05) is 22.0 Å². The lowest BCUT2D eigenvalue weighted by molar-refractivity contribution is -0.118. The first-order chi connectivity index (χ1) is 14.2. The van der Waals surface area contributed by atoms with E-state index < -0.39 is 5.60 Å². The van der Waals surface area contributed by atoms with Crippen molar-refractivity contribution in [2.24, 2.45) is 0 Å². The summed E-state index contributed by atoms with van der Waals surface area (Å²) in [6.45, 7) is 5.76. The third-order valence-corrected chi connectivity index (χ3v) is 5.42. The molecule has 7 heteroatoms. The molecule has 1 amide bonds. The molecule has 30 heavy (non-hydrogen) atoms. The lowest BCUT2D eigenvalue weighted by atomic mass is 9.94. The van der Waals surface area contributed by atoms with E-state index in [9.17, 15) is 9.59 Å². The fourth-order valence-corrected chi connectivity index (χ4v) is 3.87. The van der Waals surface area contributed by atoms with E-state index >= 15 is 0 Å². The lowest BCUT2D eigenvalue weighted by Gasteiger charge is -2.21. The fourth-order valence-electron chi connectivity index (χ4n) is 3.35. The Hall–Kier alpha value is -2.34. The molecule has 2 aromatic rings. The lowest BCUT2D eigenvalue weighted by Crippen LogP contribution is -2.29. The summed E-state index contributed by atoms with van der Waals surface area (Å²) >= 11 is 12.3. The van der Waals surface area contributed by atoms with Crippen LogP contribution in [0.3, 0.4) is 0 Å². The van der Waals surface area contributed by atoms with Crippen LogP contribution in [0.15, 0.2) is 42.5 Å². The molecule has 1 unspecified atom stereocenters. The Labute approximate surface area is 186 Å². The Bertz CT molecular complexity index is 999. The molecular weight excluding hydrogens is 423 g/mol. The van der Waals surface area contributed by atoms with Crippen LogP contribution in [0.5, 0.6) is 0 Å². The number of hydroxylamine groups is 1. The van der Waals surface area contributed by atoms with Crippen molar-refractivity contribution in [3.8, 4) is 0 Å². The standard InChI is InChI=1S/C23H24Cl2N2O3/c1-4-5-19(28)13-26-22(29)20-7-6-15(8-14(20)2)21-12-23(3,30-27-21)16-9-17(24)11-18(25)10-16/h6-12,27H,4-5,13H2,1-3H3,(H,26,29). The van der Waals surface area contributed by atoms with Crippen LogP contribution in [0, 0.1) is 6.92 Å². The van der Waals surface area contributed by atoms with Gasteiger partial charge in [-0.1, -0.05) is 36.2 Å². The number of Topliss-reactive ketones (excluding diaryl/α,β-unsaturated/α-hetero) is 1. The van der Waals surface area contributed by atoms with Crippen LogP contribution in [0.4, 0.5) is 0 Å². The first-order valence-corrected chi connectivity index (χ1v) is 10.5. The summed E-state index contributed by atoms with van der Waals surface area (Å²) in [7, 11) is 0. The van der Waals surface area contributed by atoms with Crippen LogP contribution >= 0.6 is 23.2 Å². The van der Waals surface area contributed by atoms with Gasteiger partial charge in [0.25, 0.3) is 5.91 Å². The van der Waals surface area contributed by atoms with Crippen LogP contribution < -0.4 is 10.8 Å².